The van der Waals surface area contributed by atoms with Gasteiger partial charge in [0.05, 0.1) is 24.8 Å². The fraction of sp³-hybridized carbons (Fsp3) is 0.238. The van der Waals surface area contributed by atoms with Crippen LogP contribution in [0.4, 0.5) is 11.4 Å². The first-order valence-electron chi connectivity index (χ1n) is 9.74. The predicted octanol–water partition coefficient (Wildman–Crippen LogP) is 3.57. The van der Waals surface area contributed by atoms with E-state index in [0.29, 0.717) is 24.1 Å². The molecular formula is C21H20ClN7O. The van der Waals surface area contributed by atoms with Crippen molar-refractivity contribution in [1.82, 2.24) is 30.5 Å². The van der Waals surface area contributed by atoms with E-state index in [1.54, 1.807) is 6.20 Å². The molecule has 1 aliphatic heterocycles. The zero-order valence-electron chi connectivity index (χ0n) is 16.1. The van der Waals surface area contributed by atoms with Crippen molar-refractivity contribution >= 4 is 33.9 Å². The summed E-state index contributed by atoms with van der Waals surface area (Å²) in [4.78, 5) is 6.73. The summed E-state index contributed by atoms with van der Waals surface area (Å²) in [5, 5.41) is 20.1. The van der Waals surface area contributed by atoms with E-state index in [4.69, 9.17) is 16.3 Å². The van der Waals surface area contributed by atoms with Crippen molar-refractivity contribution in [3.63, 3.8) is 0 Å². The molecule has 4 aromatic rings. The number of ether oxygens (including phenoxy) is 1. The number of halogens is 1. The average molecular weight is 422 g/mol. The zero-order valence-corrected chi connectivity index (χ0v) is 16.9. The van der Waals surface area contributed by atoms with Crippen molar-refractivity contribution in [3.05, 3.63) is 71.1 Å². The number of fused-ring (bicyclic) bond motifs is 1. The molecular weight excluding hydrogens is 402 g/mol. The summed E-state index contributed by atoms with van der Waals surface area (Å²) in [5.41, 5.74) is 3.87. The minimum Gasteiger partial charge on any atom is -0.379 e. The second kappa shape index (κ2) is 8.35. The summed E-state index contributed by atoms with van der Waals surface area (Å²) in [5.74, 6) is 0.651. The Bertz CT molecular complexity index is 1150. The number of hydrogen-bond donors (Lipinski definition) is 2. The van der Waals surface area contributed by atoms with E-state index >= 15 is 0 Å². The van der Waals surface area contributed by atoms with E-state index in [9.17, 15) is 0 Å². The Morgan fingerprint density at radius 1 is 1.10 bits per heavy atom. The van der Waals surface area contributed by atoms with Gasteiger partial charge in [-0.25, -0.2) is 0 Å². The smallest absolute Gasteiger partial charge is 0.196 e. The second-order valence-electron chi connectivity index (χ2n) is 7.09. The number of hydrogen-bond acceptors (Lipinski definition) is 7. The fourth-order valence-electron chi connectivity index (χ4n) is 3.82. The monoisotopic (exact) mass is 421 g/mol. The summed E-state index contributed by atoms with van der Waals surface area (Å²) in [6, 6.07) is 15.9. The van der Waals surface area contributed by atoms with Crippen LogP contribution in [0.2, 0.25) is 5.02 Å². The van der Waals surface area contributed by atoms with Crippen LogP contribution in [0.25, 0.3) is 10.9 Å². The number of aromatic amines is 1. The maximum Gasteiger partial charge on any atom is 0.196 e. The first-order valence-corrected chi connectivity index (χ1v) is 10.1. The van der Waals surface area contributed by atoms with Gasteiger partial charge in [-0.1, -0.05) is 28.9 Å². The normalized spacial score (nSPS) is 15.9. The molecule has 0 aliphatic carbocycles. The lowest BCUT2D eigenvalue weighted by Gasteiger charge is -2.33. The van der Waals surface area contributed by atoms with Crippen LogP contribution in [0.3, 0.4) is 0 Å². The lowest BCUT2D eigenvalue weighted by Crippen LogP contribution is -2.40. The highest BCUT2D eigenvalue weighted by atomic mass is 35.5. The van der Waals surface area contributed by atoms with Crippen molar-refractivity contribution in [2.24, 2.45) is 0 Å². The van der Waals surface area contributed by atoms with Crippen LogP contribution < -0.4 is 5.32 Å². The van der Waals surface area contributed by atoms with Gasteiger partial charge in [0.15, 0.2) is 5.82 Å². The van der Waals surface area contributed by atoms with Crippen molar-refractivity contribution < 1.29 is 4.74 Å². The molecule has 0 bridgehead atoms. The fourth-order valence-corrected chi connectivity index (χ4v) is 3.98. The Balaban J connectivity index is 1.49. The minimum atomic E-state index is -0.0950. The predicted molar refractivity (Wildman–Crippen MR) is 115 cm³/mol. The number of nitrogens with one attached hydrogen (secondary N) is 2. The molecule has 1 unspecified atom stereocenters. The van der Waals surface area contributed by atoms with E-state index in [1.165, 1.54) is 0 Å². The number of benzene rings is 2. The van der Waals surface area contributed by atoms with Crippen LogP contribution in [0, 0.1) is 0 Å². The summed E-state index contributed by atoms with van der Waals surface area (Å²) in [6.07, 6.45) is 1.78. The molecule has 2 N–H and O–H groups in total. The molecule has 0 spiro atoms. The maximum absolute atomic E-state index is 6.12. The number of morpholine rings is 1. The van der Waals surface area contributed by atoms with Crippen molar-refractivity contribution in [2.45, 2.75) is 6.04 Å². The molecule has 1 saturated heterocycles. The number of anilines is 2. The Kier molecular flexibility index (Phi) is 5.27. The molecule has 2 aromatic heterocycles. The Labute approximate surface area is 178 Å². The number of rotatable bonds is 5. The highest BCUT2D eigenvalue weighted by Crippen LogP contribution is 2.31. The Morgan fingerprint density at radius 2 is 2.00 bits per heavy atom. The third kappa shape index (κ3) is 3.85. The van der Waals surface area contributed by atoms with Crippen LogP contribution in [0.5, 0.6) is 0 Å². The number of nitrogens with zero attached hydrogens (tertiary/aromatic N) is 5. The van der Waals surface area contributed by atoms with E-state index in [1.807, 2.05) is 36.4 Å². The van der Waals surface area contributed by atoms with Gasteiger partial charge in [0.1, 0.15) is 0 Å². The number of pyridine rings is 1. The lowest BCUT2D eigenvalue weighted by molar-refractivity contribution is 0.0224. The SMILES string of the molecule is Clc1ccc2c(Nc3cccc(C(c4nn[nH]n4)N4CCOCC4)c3)ccnc2c1. The van der Waals surface area contributed by atoms with Gasteiger partial charge >= 0.3 is 0 Å². The lowest BCUT2D eigenvalue weighted by atomic mass is 10.0. The van der Waals surface area contributed by atoms with Crippen LogP contribution in [0.1, 0.15) is 17.4 Å². The van der Waals surface area contributed by atoms with Gasteiger partial charge in [-0.3, -0.25) is 9.88 Å². The summed E-state index contributed by atoms with van der Waals surface area (Å²) < 4.78 is 5.52. The van der Waals surface area contributed by atoms with Gasteiger partial charge in [0.2, 0.25) is 0 Å². The Hall–Kier alpha value is -3.07. The standard InChI is InChI=1S/C21H20ClN7O/c22-15-4-5-17-18(6-7-23-19(17)13-15)24-16-3-1-2-14(12-16)20(21-25-27-28-26-21)29-8-10-30-11-9-29/h1-7,12-13,20H,8-11H2,(H,23,24)(H,25,26,27,28). The van der Waals surface area contributed by atoms with Gasteiger partial charge in [-0.2, -0.15) is 5.21 Å². The molecule has 152 valence electrons. The molecule has 1 atom stereocenters. The zero-order chi connectivity index (χ0) is 20.3. The molecule has 8 nitrogen and oxygen atoms in total. The minimum absolute atomic E-state index is 0.0950. The first-order chi connectivity index (χ1) is 14.8. The Morgan fingerprint density at radius 3 is 2.83 bits per heavy atom. The summed E-state index contributed by atoms with van der Waals surface area (Å²) in [7, 11) is 0. The van der Waals surface area contributed by atoms with Gasteiger partial charge in [-0.15, -0.1) is 10.2 Å². The first kappa shape index (κ1) is 18.9. The van der Waals surface area contributed by atoms with Crippen LogP contribution in [-0.2, 0) is 4.74 Å². The molecule has 3 heterocycles. The highest BCUT2D eigenvalue weighted by Gasteiger charge is 2.27. The maximum atomic E-state index is 6.12. The summed E-state index contributed by atoms with van der Waals surface area (Å²) in [6.45, 7) is 3.01. The van der Waals surface area contributed by atoms with Crippen LogP contribution >= 0.6 is 11.6 Å². The molecule has 1 aliphatic rings. The molecule has 5 rings (SSSR count). The molecule has 9 heteroatoms. The molecule has 0 radical (unpaired) electrons. The van der Waals surface area contributed by atoms with Gasteiger partial charge in [0.25, 0.3) is 0 Å². The second-order valence-corrected chi connectivity index (χ2v) is 7.53. The average Bonchev–Trinajstić information content (AvgIpc) is 3.29. The molecule has 2 aromatic carbocycles. The number of aromatic nitrogens is 5. The van der Waals surface area contributed by atoms with Gasteiger partial charge < -0.3 is 10.1 Å². The molecule has 30 heavy (non-hydrogen) atoms. The topological polar surface area (TPSA) is 91.9 Å². The number of tetrazole rings is 1. The van der Waals surface area contributed by atoms with Gasteiger partial charge in [0, 0.05) is 41.1 Å². The molecule has 0 saturated carbocycles. The van der Waals surface area contributed by atoms with E-state index in [-0.39, 0.29) is 6.04 Å². The van der Waals surface area contributed by atoms with E-state index in [0.717, 1.165) is 40.9 Å². The highest BCUT2D eigenvalue weighted by molar-refractivity contribution is 6.31. The van der Waals surface area contributed by atoms with E-state index < -0.39 is 0 Å². The van der Waals surface area contributed by atoms with Crippen LogP contribution in [0.15, 0.2) is 54.7 Å². The summed E-state index contributed by atoms with van der Waals surface area (Å²) >= 11 is 6.12. The third-order valence-electron chi connectivity index (χ3n) is 5.20. The van der Waals surface area contributed by atoms with Crippen molar-refractivity contribution in [1.29, 1.82) is 0 Å². The quantitative estimate of drug-likeness (QED) is 0.509. The van der Waals surface area contributed by atoms with E-state index in [2.05, 4.69) is 48.0 Å². The molecule has 0 amide bonds. The third-order valence-corrected chi connectivity index (χ3v) is 5.44. The van der Waals surface area contributed by atoms with Gasteiger partial charge in [-0.05, 0) is 42.0 Å². The van der Waals surface area contributed by atoms with Crippen LogP contribution in [-0.4, -0.2) is 56.8 Å². The largest absolute Gasteiger partial charge is 0.379 e. The number of H-pyrrole nitrogens is 1. The van der Waals surface area contributed by atoms with Crippen molar-refractivity contribution in [2.75, 3.05) is 31.6 Å². The van der Waals surface area contributed by atoms with Crippen molar-refractivity contribution in [3.8, 4) is 0 Å². The molecule has 1 fully saturated rings.